The van der Waals surface area contributed by atoms with Gasteiger partial charge in [0.15, 0.2) is 0 Å². The molecule has 0 bridgehead atoms. The summed E-state index contributed by atoms with van der Waals surface area (Å²) in [6.45, 7) is 0.156. The summed E-state index contributed by atoms with van der Waals surface area (Å²) in [5.41, 5.74) is 0. The molecular formula is C12H16ClNO5. The monoisotopic (exact) mass is 289 g/mol. The summed E-state index contributed by atoms with van der Waals surface area (Å²) in [7, 11) is 0. The van der Waals surface area contributed by atoms with E-state index in [1.807, 2.05) is 0 Å². The molecule has 2 amide bonds. The highest BCUT2D eigenvalue weighted by Crippen LogP contribution is 2.28. The normalized spacial score (nSPS) is 27.5. The summed E-state index contributed by atoms with van der Waals surface area (Å²) in [6, 6.07) is 0. The van der Waals surface area contributed by atoms with E-state index in [0.717, 1.165) is 25.7 Å². The van der Waals surface area contributed by atoms with Crippen LogP contribution in [0, 0.1) is 5.92 Å². The first-order chi connectivity index (χ1) is 9.08. The van der Waals surface area contributed by atoms with Gasteiger partial charge in [0.25, 0.3) is 11.8 Å². The highest BCUT2D eigenvalue weighted by molar-refractivity contribution is 6.20. The number of carbonyl (C=O) groups excluding carboxylic acids is 3. The predicted octanol–water partition coefficient (Wildman–Crippen LogP) is 2.00. The molecule has 0 radical (unpaired) electrons. The number of hydrogen-bond donors (Lipinski definition) is 0. The van der Waals surface area contributed by atoms with Crippen LogP contribution in [0.3, 0.4) is 0 Å². The van der Waals surface area contributed by atoms with Gasteiger partial charge >= 0.3 is 6.16 Å². The second-order valence-corrected chi connectivity index (χ2v) is 5.36. The molecule has 1 aliphatic carbocycles. The number of ether oxygens (including phenoxy) is 1. The Bertz CT molecular complexity index is 370. The first-order valence-corrected chi connectivity index (χ1v) is 6.86. The van der Waals surface area contributed by atoms with Crippen molar-refractivity contribution in [3.05, 3.63) is 0 Å². The summed E-state index contributed by atoms with van der Waals surface area (Å²) in [5, 5.41) is 0.470. The minimum Gasteiger partial charge on any atom is -0.432 e. The third-order valence-electron chi connectivity index (χ3n) is 3.40. The molecule has 106 valence electrons. The second kappa shape index (κ2) is 6.23. The molecule has 2 atom stereocenters. The molecule has 1 saturated heterocycles. The average Bonchev–Trinajstić information content (AvgIpc) is 2.70. The fourth-order valence-corrected chi connectivity index (χ4v) is 2.64. The predicted molar refractivity (Wildman–Crippen MR) is 65.1 cm³/mol. The number of nitrogens with zero attached hydrogens (tertiary/aromatic N) is 1. The van der Waals surface area contributed by atoms with Gasteiger partial charge in [-0.3, -0.25) is 14.4 Å². The van der Waals surface area contributed by atoms with Crippen LogP contribution in [0.2, 0.25) is 0 Å². The summed E-state index contributed by atoms with van der Waals surface area (Å²) in [4.78, 5) is 38.5. The lowest BCUT2D eigenvalue weighted by Crippen LogP contribution is -2.33. The van der Waals surface area contributed by atoms with Gasteiger partial charge in [-0.05, 0) is 12.8 Å². The number of hydroxylamine groups is 2. The van der Waals surface area contributed by atoms with E-state index in [0.29, 0.717) is 5.06 Å². The Balaban J connectivity index is 1.75. The maximum Gasteiger partial charge on any atom is 0.533 e. The smallest absolute Gasteiger partial charge is 0.432 e. The molecule has 0 aromatic carbocycles. The van der Waals surface area contributed by atoms with Crippen LogP contribution in [0.5, 0.6) is 0 Å². The van der Waals surface area contributed by atoms with E-state index in [-0.39, 0.29) is 30.7 Å². The molecule has 0 N–H and O–H groups in total. The summed E-state index contributed by atoms with van der Waals surface area (Å²) in [6.07, 6.45) is 3.08. The quantitative estimate of drug-likeness (QED) is 0.451. The fraction of sp³-hybridized carbons (Fsp3) is 0.750. The zero-order chi connectivity index (χ0) is 13.8. The van der Waals surface area contributed by atoms with E-state index in [2.05, 4.69) is 4.84 Å². The summed E-state index contributed by atoms with van der Waals surface area (Å²) < 4.78 is 4.92. The Morgan fingerprint density at radius 3 is 2.47 bits per heavy atom. The molecule has 1 aliphatic heterocycles. The van der Waals surface area contributed by atoms with Crippen molar-refractivity contribution in [3.63, 3.8) is 0 Å². The van der Waals surface area contributed by atoms with Crippen LogP contribution < -0.4 is 0 Å². The highest BCUT2D eigenvalue weighted by Gasteiger charge is 2.34. The molecule has 0 aromatic rings. The van der Waals surface area contributed by atoms with Crippen molar-refractivity contribution >= 4 is 29.6 Å². The Kier molecular flexibility index (Phi) is 4.63. The van der Waals surface area contributed by atoms with Gasteiger partial charge in [0.05, 0.1) is 6.61 Å². The Labute approximate surface area is 115 Å². The van der Waals surface area contributed by atoms with Crippen LogP contribution in [0.15, 0.2) is 0 Å². The number of alkyl halides is 1. The SMILES string of the molecule is O=C(OCC1CCCCC1Cl)ON1C(=O)CCC1=O. The number of carbonyl (C=O) groups is 3. The zero-order valence-corrected chi connectivity index (χ0v) is 11.2. The first-order valence-electron chi connectivity index (χ1n) is 6.42. The zero-order valence-electron chi connectivity index (χ0n) is 10.5. The maximum atomic E-state index is 11.4. The molecule has 0 spiro atoms. The molecular weight excluding hydrogens is 274 g/mol. The minimum absolute atomic E-state index is 0.00315. The third-order valence-corrected chi connectivity index (χ3v) is 3.98. The van der Waals surface area contributed by atoms with Gasteiger partial charge in [0, 0.05) is 24.1 Å². The number of hydrogen-bond acceptors (Lipinski definition) is 5. The summed E-state index contributed by atoms with van der Waals surface area (Å²) >= 11 is 6.13. The van der Waals surface area contributed by atoms with Crippen molar-refractivity contribution < 1.29 is 24.0 Å². The maximum absolute atomic E-state index is 11.4. The van der Waals surface area contributed by atoms with E-state index in [1.165, 1.54) is 0 Å². The van der Waals surface area contributed by atoms with Gasteiger partial charge < -0.3 is 4.74 Å². The lowest BCUT2D eigenvalue weighted by Gasteiger charge is -2.26. The van der Waals surface area contributed by atoms with Gasteiger partial charge in [0.2, 0.25) is 0 Å². The number of imide groups is 1. The van der Waals surface area contributed by atoms with Crippen LogP contribution in [0.25, 0.3) is 0 Å². The Hall–Kier alpha value is -1.30. The van der Waals surface area contributed by atoms with Crippen molar-refractivity contribution in [1.82, 2.24) is 5.06 Å². The third kappa shape index (κ3) is 3.59. The molecule has 2 unspecified atom stereocenters. The highest BCUT2D eigenvalue weighted by atomic mass is 35.5. The molecule has 1 heterocycles. The number of rotatable bonds is 3. The van der Waals surface area contributed by atoms with E-state index in [1.54, 1.807) is 0 Å². The number of halogens is 1. The summed E-state index contributed by atoms with van der Waals surface area (Å²) in [5.74, 6) is -0.933. The van der Waals surface area contributed by atoms with Crippen LogP contribution >= 0.6 is 11.6 Å². The Morgan fingerprint density at radius 1 is 1.21 bits per heavy atom. The van der Waals surface area contributed by atoms with E-state index < -0.39 is 18.0 Å². The standard InChI is InChI=1S/C12H16ClNO5/c13-9-4-2-1-3-8(9)7-18-12(17)19-14-10(15)5-6-11(14)16/h8-9H,1-7H2. The molecule has 2 fully saturated rings. The van der Waals surface area contributed by atoms with E-state index in [4.69, 9.17) is 16.3 Å². The molecule has 2 rings (SSSR count). The van der Waals surface area contributed by atoms with Crippen LogP contribution in [0.4, 0.5) is 4.79 Å². The minimum atomic E-state index is -1.03. The van der Waals surface area contributed by atoms with Gasteiger partial charge in [-0.2, -0.15) is 0 Å². The van der Waals surface area contributed by atoms with Crippen molar-refractivity contribution in [3.8, 4) is 0 Å². The van der Waals surface area contributed by atoms with Crippen molar-refractivity contribution in [2.75, 3.05) is 6.61 Å². The Morgan fingerprint density at radius 2 is 1.84 bits per heavy atom. The lowest BCUT2D eigenvalue weighted by molar-refractivity contribution is -0.177. The molecule has 0 aromatic heterocycles. The van der Waals surface area contributed by atoms with E-state index >= 15 is 0 Å². The largest absolute Gasteiger partial charge is 0.533 e. The lowest BCUT2D eigenvalue weighted by atomic mass is 9.89. The van der Waals surface area contributed by atoms with Crippen LogP contribution in [0.1, 0.15) is 38.5 Å². The van der Waals surface area contributed by atoms with Gasteiger partial charge in [-0.25, -0.2) is 4.79 Å². The fourth-order valence-electron chi connectivity index (χ4n) is 2.28. The molecule has 2 aliphatic rings. The molecule has 1 saturated carbocycles. The molecule has 19 heavy (non-hydrogen) atoms. The number of amides is 2. The molecule has 7 heteroatoms. The molecule has 6 nitrogen and oxygen atoms in total. The topological polar surface area (TPSA) is 72.9 Å². The van der Waals surface area contributed by atoms with Crippen LogP contribution in [-0.2, 0) is 19.2 Å². The van der Waals surface area contributed by atoms with Gasteiger partial charge in [-0.1, -0.05) is 17.9 Å². The van der Waals surface area contributed by atoms with Crippen molar-refractivity contribution in [2.45, 2.75) is 43.9 Å². The average molecular weight is 290 g/mol. The van der Waals surface area contributed by atoms with Gasteiger partial charge in [-0.15, -0.1) is 11.6 Å². The van der Waals surface area contributed by atoms with Gasteiger partial charge in [0.1, 0.15) is 0 Å². The van der Waals surface area contributed by atoms with Crippen molar-refractivity contribution in [2.24, 2.45) is 5.92 Å². The van der Waals surface area contributed by atoms with E-state index in [9.17, 15) is 14.4 Å². The van der Waals surface area contributed by atoms with Crippen molar-refractivity contribution in [1.29, 1.82) is 0 Å². The second-order valence-electron chi connectivity index (χ2n) is 4.79. The first kappa shape index (κ1) is 14.1. The van der Waals surface area contributed by atoms with Crippen LogP contribution in [-0.4, -0.2) is 35.0 Å².